The molecule has 118 valence electrons. The molecule has 0 aliphatic carbocycles. The van der Waals surface area contributed by atoms with Crippen LogP contribution in [0.2, 0.25) is 5.02 Å². The van der Waals surface area contributed by atoms with Gasteiger partial charge in [0.1, 0.15) is 11.6 Å². The molecule has 1 heterocycles. The molecule has 1 aromatic heterocycles. The fourth-order valence-electron chi connectivity index (χ4n) is 1.96. The lowest BCUT2D eigenvalue weighted by molar-refractivity contribution is 0.477. The molecule has 0 aliphatic heterocycles. The minimum absolute atomic E-state index is 0.0723. The maximum Gasteiger partial charge on any atom is 0.165 e. The average Bonchev–Trinajstić information content (AvgIpc) is 2.54. The lowest BCUT2D eigenvalue weighted by atomic mass is 10.1. The number of aryl methyl sites for hydroxylation is 1. The Morgan fingerprint density at radius 1 is 1.27 bits per heavy atom. The van der Waals surface area contributed by atoms with Gasteiger partial charge in [0.2, 0.25) is 0 Å². The zero-order valence-electron chi connectivity index (χ0n) is 12.8. The Balaban J connectivity index is 2.36. The first kappa shape index (κ1) is 16.5. The number of nitrogens with two attached hydrogens (primary N) is 1. The van der Waals surface area contributed by atoms with E-state index >= 15 is 0 Å². The van der Waals surface area contributed by atoms with E-state index in [9.17, 15) is 5.11 Å². The maximum atomic E-state index is 10.0. The summed E-state index contributed by atoms with van der Waals surface area (Å²) < 4.78 is 0. The Kier molecular flexibility index (Phi) is 5.57. The van der Waals surface area contributed by atoms with Crippen LogP contribution >= 0.6 is 11.6 Å². The molecule has 0 aliphatic rings. The number of halogens is 1. The highest BCUT2D eigenvalue weighted by Gasteiger charge is 2.11. The van der Waals surface area contributed by atoms with Gasteiger partial charge < -0.3 is 16.2 Å². The molecule has 0 unspecified atom stereocenters. The zero-order chi connectivity index (χ0) is 16.1. The normalized spacial score (nSPS) is 12.2. The van der Waals surface area contributed by atoms with Gasteiger partial charge in [-0.25, -0.2) is 9.97 Å². The van der Waals surface area contributed by atoms with Crippen molar-refractivity contribution in [3.05, 3.63) is 35.0 Å². The van der Waals surface area contributed by atoms with Crippen molar-refractivity contribution >= 4 is 17.4 Å². The average molecular weight is 321 g/mol. The van der Waals surface area contributed by atoms with Gasteiger partial charge in [0.25, 0.3) is 0 Å². The van der Waals surface area contributed by atoms with Gasteiger partial charge in [0.05, 0.1) is 5.56 Å². The number of hydrogen-bond donors (Lipinski definition) is 3. The molecule has 5 nitrogen and oxygen atoms in total. The second-order valence-electron chi connectivity index (χ2n) is 5.13. The number of nitrogens with zero attached hydrogens (tertiary/aromatic N) is 2. The Labute approximate surface area is 135 Å². The number of rotatable bonds is 6. The van der Waals surface area contributed by atoms with Gasteiger partial charge in [0, 0.05) is 29.4 Å². The molecule has 0 radical (unpaired) electrons. The quantitative estimate of drug-likeness (QED) is 0.761. The van der Waals surface area contributed by atoms with Crippen molar-refractivity contribution in [1.82, 2.24) is 9.97 Å². The first-order chi connectivity index (χ1) is 10.5. The standard InChI is InChI=1S/C16H21ClN4O/c1-3-11(18)9-19-15-8-12(4-2)20-16(21-15)13-7-10(17)5-6-14(13)22/h5-8,11,22H,3-4,9,18H2,1-2H3,(H,19,20,21)/t11-/m1/s1. The van der Waals surface area contributed by atoms with Crippen LogP contribution in [0, 0.1) is 0 Å². The number of aromatic nitrogens is 2. The molecule has 0 amide bonds. The molecule has 0 bridgehead atoms. The van der Waals surface area contributed by atoms with Crippen LogP contribution in [-0.4, -0.2) is 27.7 Å². The number of phenolic OH excluding ortho intramolecular Hbond substituents is 1. The maximum absolute atomic E-state index is 10.0. The van der Waals surface area contributed by atoms with E-state index in [0.29, 0.717) is 28.8 Å². The molecule has 22 heavy (non-hydrogen) atoms. The van der Waals surface area contributed by atoms with Crippen LogP contribution in [0.5, 0.6) is 5.75 Å². The summed E-state index contributed by atoms with van der Waals surface area (Å²) in [5.41, 5.74) is 7.33. The van der Waals surface area contributed by atoms with E-state index in [2.05, 4.69) is 15.3 Å². The Morgan fingerprint density at radius 2 is 2.05 bits per heavy atom. The minimum Gasteiger partial charge on any atom is -0.507 e. The van der Waals surface area contributed by atoms with Crippen molar-refractivity contribution < 1.29 is 5.11 Å². The molecular weight excluding hydrogens is 300 g/mol. The second kappa shape index (κ2) is 7.42. The Hall–Kier alpha value is -1.85. The van der Waals surface area contributed by atoms with Crippen molar-refractivity contribution in [2.24, 2.45) is 5.73 Å². The highest BCUT2D eigenvalue weighted by atomic mass is 35.5. The molecule has 0 fully saturated rings. The van der Waals surface area contributed by atoms with Crippen LogP contribution in [0.15, 0.2) is 24.3 Å². The lowest BCUT2D eigenvalue weighted by Crippen LogP contribution is -2.28. The monoisotopic (exact) mass is 320 g/mol. The van der Waals surface area contributed by atoms with Gasteiger partial charge in [-0.05, 0) is 31.0 Å². The number of aromatic hydroxyl groups is 1. The zero-order valence-corrected chi connectivity index (χ0v) is 13.6. The third-order valence-electron chi connectivity index (χ3n) is 3.41. The molecule has 4 N–H and O–H groups in total. The number of phenols is 1. The van der Waals surface area contributed by atoms with Gasteiger partial charge in [-0.15, -0.1) is 0 Å². The SMILES string of the molecule is CCc1cc(NC[C@H](N)CC)nc(-c2cc(Cl)ccc2O)n1. The summed E-state index contributed by atoms with van der Waals surface area (Å²) in [4.78, 5) is 8.93. The van der Waals surface area contributed by atoms with E-state index in [0.717, 1.165) is 18.5 Å². The Bertz CT molecular complexity index is 648. The van der Waals surface area contributed by atoms with Gasteiger partial charge in [-0.3, -0.25) is 0 Å². The van der Waals surface area contributed by atoms with E-state index in [1.807, 2.05) is 19.9 Å². The number of anilines is 1. The van der Waals surface area contributed by atoms with Gasteiger partial charge in [0.15, 0.2) is 5.82 Å². The summed E-state index contributed by atoms with van der Waals surface area (Å²) in [6.45, 7) is 4.70. The summed E-state index contributed by atoms with van der Waals surface area (Å²) in [6, 6.07) is 6.80. The molecule has 2 rings (SSSR count). The predicted octanol–water partition coefficient (Wildman–Crippen LogP) is 3.21. The number of hydrogen-bond acceptors (Lipinski definition) is 5. The molecule has 2 aromatic rings. The molecule has 1 aromatic carbocycles. The smallest absolute Gasteiger partial charge is 0.165 e. The molecule has 0 saturated carbocycles. The number of benzene rings is 1. The molecular formula is C16H21ClN4O. The largest absolute Gasteiger partial charge is 0.507 e. The van der Waals surface area contributed by atoms with Crippen LogP contribution in [0.3, 0.4) is 0 Å². The minimum atomic E-state index is 0.0723. The molecule has 6 heteroatoms. The Morgan fingerprint density at radius 3 is 2.73 bits per heavy atom. The van der Waals surface area contributed by atoms with Crippen molar-refractivity contribution in [3.63, 3.8) is 0 Å². The topological polar surface area (TPSA) is 84.1 Å². The fraction of sp³-hybridized carbons (Fsp3) is 0.375. The molecule has 0 spiro atoms. The van der Waals surface area contributed by atoms with Crippen molar-refractivity contribution in [1.29, 1.82) is 0 Å². The van der Waals surface area contributed by atoms with Crippen LogP contribution in [0.1, 0.15) is 26.0 Å². The molecule has 1 atom stereocenters. The highest BCUT2D eigenvalue weighted by molar-refractivity contribution is 6.30. The first-order valence-corrected chi connectivity index (χ1v) is 7.77. The van der Waals surface area contributed by atoms with Crippen LogP contribution < -0.4 is 11.1 Å². The fourth-order valence-corrected chi connectivity index (χ4v) is 2.13. The second-order valence-corrected chi connectivity index (χ2v) is 5.57. The van der Waals surface area contributed by atoms with E-state index in [-0.39, 0.29) is 11.8 Å². The van der Waals surface area contributed by atoms with Crippen molar-refractivity contribution in [3.8, 4) is 17.1 Å². The predicted molar refractivity (Wildman–Crippen MR) is 90.3 cm³/mol. The first-order valence-electron chi connectivity index (χ1n) is 7.39. The van der Waals surface area contributed by atoms with E-state index in [1.54, 1.807) is 18.2 Å². The van der Waals surface area contributed by atoms with Crippen LogP contribution in [0.4, 0.5) is 5.82 Å². The number of nitrogens with one attached hydrogen (secondary N) is 1. The van der Waals surface area contributed by atoms with Crippen LogP contribution in [0.25, 0.3) is 11.4 Å². The van der Waals surface area contributed by atoms with Gasteiger partial charge in [-0.1, -0.05) is 25.4 Å². The van der Waals surface area contributed by atoms with E-state index in [1.165, 1.54) is 0 Å². The lowest BCUT2D eigenvalue weighted by Gasteiger charge is -2.13. The summed E-state index contributed by atoms with van der Waals surface area (Å²) >= 11 is 6.00. The van der Waals surface area contributed by atoms with E-state index in [4.69, 9.17) is 17.3 Å². The van der Waals surface area contributed by atoms with E-state index < -0.39 is 0 Å². The summed E-state index contributed by atoms with van der Waals surface area (Å²) in [5.74, 6) is 1.26. The van der Waals surface area contributed by atoms with Crippen LogP contribution in [-0.2, 0) is 6.42 Å². The van der Waals surface area contributed by atoms with Gasteiger partial charge in [-0.2, -0.15) is 0 Å². The molecule has 0 saturated heterocycles. The summed E-state index contributed by atoms with van der Waals surface area (Å²) in [5, 5.41) is 13.8. The highest BCUT2D eigenvalue weighted by Crippen LogP contribution is 2.30. The third-order valence-corrected chi connectivity index (χ3v) is 3.65. The van der Waals surface area contributed by atoms with Crippen molar-refractivity contribution in [2.75, 3.05) is 11.9 Å². The summed E-state index contributed by atoms with van der Waals surface area (Å²) in [6.07, 6.45) is 1.66. The third kappa shape index (κ3) is 4.08. The summed E-state index contributed by atoms with van der Waals surface area (Å²) in [7, 11) is 0. The van der Waals surface area contributed by atoms with Gasteiger partial charge >= 0.3 is 0 Å². The van der Waals surface area contributed by atoms with Crippen molar-refractivity contribution in [2.45, 2.75) is 32.7 Å².